The number of benzene rings is 1. The van der Waals surface area contributed by atoms with Gasteiger partial charge in [-0.25, -0.2) is 0 Å². The van der Waals surface area contributed by atoms with Gasteiger partial charge in [-0.1, -0.05) is 61.2 Å². The smallest absolute Gasteiger partial charge is 0.223 e. The highest BCUT2D eigenvalue weighted by Crippen LogP contribution is 2.20. The topological polar surface area (TPSA) is 32.3 Å². The minimum absolute atomic E-state index is 0.199. The van der Waals surface area contributed by atoms with Crippen molar-refractivity contribution in [1.29, 1.82) is 0 Å². The molecular formula is C21H33BrN2O. The monoisotopic (exact) mass is 408 g/mol. The Labute approximate surface area is 161 Å². The van der Waals surface area contributed by atoms with E-state index in [-0.39, 0.29) is 11.8 Å². The predicted molar refractivity (Wildman–Crippen MR) is 108 cm³/mol. The molecule has 1 aliphatic heterocycles. The molecule has 0 unspecified atom stereocenters. The standard InChI is InChI=1S/C21H33BrN2O/c1-3-5-6-17(4-2)15-23-21(25)19-11-13-24(14-12-19)16-18-7-9-20(22)10-8-18/h7-10,17,19H,3-6,11-16H2,1-2H3,(H,23,25)/t17-/m1/s1. The Kier molecular flexibility index (Phi) is 8.97. The summed E-state index contributed by atoms with van der Waals surface area (Å²) in [7, 11) is 0. The highest BCUT2D eigenvalue weighted by Gasteiger charge is 2.25. The molecule has 1 saturated heterocycles. The molecule has 3 nitrogen and oxygen atoms in total. The maximum absolute atomic E-state index is 12.5. The molecule has 0 radical (unpaired) electrons. The Hall–Kier alpha value is -0.870. The Morgan fingerprint density at radius 1 is 1.24 bits per heavy atom. The van der Waals surface area contributed by atoms with Gasteiger partial charge in [-0.3, -0.25) is 9.69 Å². The Morgan fingerprint density at radius 2 is 1.92 bits per heavy atom. The number of likely N-dealkylation sites (tertiary alicyclic amines) is 1. The third kappa shape index (κ3) is 7.10. The number of rotatable bonds is 9. The van der Waals surface area contributed by atoms with Gasteiger partial charge in [-0.05, 0) is 56.0 Å². The van der Waals surface area contributed by atoms with Crippen LogP contribution in [0.4, 0.5) is 0 Å². The third-order valence-electron chi connectivity index (χ3n) is 5.39. The first kappa shape index (κ1) is 20.4. The van der Waals surface area contributed by atoms with E-state index in [2.05, 4.69) is 64.3 Å². The van der Waals surface area contributed by atoms with E-state index in [1.165, 1.54) is 24.8 Å². The summed E-state index contributed by atoms with van der Waals surface area (Å²) in [6.45, 7) is 8.33. The fraction of sp³-hybridized carbons (Fsp3) is 0.667. The normalized spacial score (nSPS) is 17.4. The van der Waals surface area contributed by atoms with Crippen LogP contribution < -0.4 is 5.32 Å². The van der Waals surface area contributed by atoms with Crippen molar-refractivity contribution in [1.82, 2.24) is 10.2 Å². The van der Waals surface area contributed by atoms with E-state index in [1.807, 2.05) is 0 Å². The van der Waals surface area contributed by atoms with Crippen LogP contribution in [0.5, 0.6) is 0 Å². The lowest BCUT2D eigenvalue weighted by Gasteiger charge is -2.31. The number of piperidine rings is 1. The lowest BCUT2D eigenvalue weighted by molar-refractivity contribution is -0.126. The SMILES string of the molecule is CCCC[C@@H](CC)CNC(=O)C1CCN(Cc2ccc(Br)cc2)CC1. The highest BCUT2D eigenvalue weighted by atomic mass is 79.9. The van der Waals surface area contributed by atoms with Crippen LogP contribution in [-0.4, -0.2) is 30.4 Å². The van der Waals surface area contributed by atoms with E-state index in [4.69, 9.17) is 0 Å². The van der Waals surface area contributed by atoms with Gasteiger partial charge in [0.1, 0.15) is 0 Å². The Morgan fingerprint density at radius 3 is 2.52 bits per heavy atom. The van der Waals surface area contributed by atoms with Crippen LogP contribution in [0.25, 0.3) is 0 Å². The molecule has 140 valence electrons. The quantitative estimate of drug-likeness (QED) is 0.623. The van der Waals surface area contributed by atoms with Crippen molar-refractivity contribution >= 4 is 21.8 Å². The van der Waals surface area contributed by atoms with Gasteiger partial charge in [0.05, 0.1) is 0 Å². The number of unbranched alkanes of at least 4 members (excludes halogenated alkanes) is 1. The molecule has 25 heavy (non-hydrogen) atoms. The largest absolute Gasteiger partial charge is 0.356 e. The first-order valence-corrected chi connectivity index (χ1v) is 10.7. The summed E-state index contributed by atoms with van der Waals surface area (Å²) in [5, 5.41) is 3.22. The molecule has 0 saturated carbocycles. The molecule has 2 rings (SSSR count). The van der Waals surface area contributed by atoms with E-state index in [0.29, 0.717) is 5.92 Å². The highest BCUT2D eigenvalue weighted by molar-refractivity contribution is 9.10. The molecule has 0 bridgehead atoms. The number of nitrogens with zero attached hydrogens (tertiary/aromatic N) is 1. The van der Waals surface area contributed by atoms with E-state index in [9.17, 15) is 4.79 Å². The average Bonchev–Trinajstić information content (AvgIpc) is 2.64. The van der Waals surface area contributed by atoms with Crippen molar-refractivity contribution in [2.75, 3.05) is 19.6 Å². The summed E-state index contributed by atoms with van der Waals surface area (Å²) >= 11 is 3.48. The summed E-state index contributed by atoms with van der Waals surface area (Å²) in [6.07, 6.45) is 6.86. The van der Waals surface area contributed by atoms with Crippen LogP contribution >= 0.6 is 15.9 Å². The van der Waals surface area contributed by atoms with Crippen LogP contribution in [-0.2, 0) is 11.3 Å². The van der Waals surface area contributed by atoms with Crippen LogP contribution in [0.2, 0.25) is 0 Å². The Balaban J connectivity index is 1.69. The number of carbonyl (C=O) groups excluding carboxylic acids is 1. The zero-order chi connectivity index (χ0) is 18.1. The molecule has 1 atom stereocenters. The van der Waals surface area contributed by atoms with Crippen molar-refractivity contribution < 1.29 is 4.79 Å². The molecular weight excluding hydrogens is 376 g/mol. The van der Waals surface area contributed by atoms with Crippen molar-refractivity contribution in [3.63, 3.8) is 0 Å². The maximum atomic E-state index is 12.5. The van der Waals surface area contributed by atoms with Gasteiger partial charge >= 0.3 is 0 Å². The first-order chi connectivity index (χ1) is 12.1. The van der Waals surface area contributed by atoms with E-state index >= 15 is 0 Å². The molecule has 4 heteroatoms. The van der Waals surface area contributed by atoms with Crippen LogP contribution in [0.15, 0.2) is 28.7 Å². The molecule has 1 amide bonds. The molecule has 1 aliphatic rings. The fourth-order valence-corrected chi connectivity index (χ4v) is 3.80. The molecule has 0 spiro atoms. The second-order valence-electron chi connectivity index (χ2n) is 7.34. The molecule has 1 aromatic rings. The third-order valence-corrected chi connectivity index (χ3v) is 5.91. The van der Waals surface area contributed by atoms with Crippen molar-refractivity contribution in [3.05, 3.63) is 34.3 Å². The summed E-state index contributed by atoms with van der Waals surface area (Å²) in [4.78, 5) is 14.9. The van der Waals surface area contributed by atoms with Crippen molar-refractivity contribution in [3.8, 4) is 0 Å². The summed E-state index contributed by atoms with van der Waals surface area (Å²) in [5.41, 5.74) is 1.34. The zero-order valence-corrected chi connectivity index (χ0v) is 17.4. The van der Waals surface area contributed by atoms with Crippen molar-refractivity contribution in [2.45, 2.75) is 58.9 Å². The number of hydrogen-bond donors (Lipinski definition) is 1. The van der Waals surface area contributed by atoms with Crippen LogP contribution in [0.1, 0.15) is 57.9 Å². The zero-order valence-electron chi connectivity index (χ0n) is 15.8. The molecule has 0 aromatic heterocycles. The molecule has 1 aromatic carbocycles. The van der Waals surface area contributed by atoms with Gasteiger partial charge in [0.15, 0.2) is 0 Å². The van der Waals surface area contributed by atoms with E-state index < -0.39 is 0 Å². The fourth-order valence-electron chi connectivity index (χ4n) is 3.53. The number of hydrogen-bond acceptors (Lipinski definition) is 2. The van der Waals surface area contributed by atoms with Crippen LogP contribution in [0.3, 0.4) is 0 Å². The lowest BCUT2D eigenvalue weighted by Crippen LogP contribution is -2.41. The van der Waals surface area contributed by atoms with Gasteiger partial charge in [0, 0.05) is 23.5 Å². The number of nitrogens with one attached hydrogen (secondary N) is 1. The van der Waals surface area contributed by atoms with E-state index in [1.54, 1.807) is 0 Å². The Bertz CT molecular complexity index is 509. The van der Waals surface area contributed by atoms with Gasteiger partial charge in [0.2, 0.25) is 5.91 Å². The molecule has 1 heterocycles. The average molecular weight is 409 g/mol. The second kappa shape index (κ2) is 11.0. The minimum Gasteiger partial charge on any atom is -0.356 e. The minimum atomic E-state index is 0.199. The van der Waals surface area contributed by atoms with Gasteiger partial charge in [-0.2, -0.15) is 0 Å². The summed E-state index contributed by atoms with van der Waals surface area (Å²) in [6, 6.07) is 8.53. The van der Waals surface area contributed by atoms with Crippen LogP contribution in [0, 0.1) is 11.8 Å². The van der Waals surface area contributed by atoms with Crippen molar-refractivity contribution in [2.24, 2.45) is 11.8 Å². The predicted octanol–water partition coefficient (Wildman–Crippen LogP) is 4.99. The van der Waals surface area contributed by atoms with Gasteiger partial charge < -0.3 is 5.32 Å². The van der Waals surface area contributed by atoms with E-state index in [0.717, 1.165) is 49.9 Å². The number of halogens is 1. The lowest BCUT2D eigenvalue weighted by atomic mass is 9.94. The van der Waals surface area contributed by atoms with Gasteiger partial charge in [0.25, 0.3) is 0 Å². The molecule has 0 aliphatic carbocycles. The number of carbonyl (C=O) groups is 1. The van der Waals surface area contributed by atoms with Gasteiger partial charge in [-0.15, -0.1) is 0 Å². The molecule has 1 N–H and O–H groups in total. The second-order valence-corrected chi connectivity index (χ2v) is 8.25. The first-order valence-electron chi connectivity index (χ1n) is 9.86. The molecule has 1 fully saturated rings. The maximum Gasteiger partial charge on any atom is 0.223 e. The summed E-state index contributed by atoms with van der Waals surface area (Å²) < 4.78 is 1.12. The number of amides is 1. The summed E-state index contributed by atoms with van der Waals surface area (Å²) in [5.74, 6) is 1.12.